The standard InChI is InChI=1S/C21H30N4O.C2HF3O2/c1-17(2)15-25-12-11-23(3)20(26)21(25)7-9-24(10-8-21)16-19-6-4-5-18(13-19)14-22;3-2(4,5)1(6)7/h4-6,13,17H,7-12,15-16H2,1-3H3;(H,6,7). The predicted octanol–water partition coefficient (Wildman–Crippen LogP) is 2.96. The highest BCUT2D eigenvalue weighted by atomic mass is 19.4. The van der Waals surface area contributed by atoms with Gasteiger partial charge in [-0.05, 0) is 36.5 Å². The van der Waals surface area contributed by atoms with E-state index in [0.29, 0.717) is 17.4 Å². The minimum atomic E-state index is -5.08. The number of nitriles is 1. The summed E-state index contributed by atoms with van der Waals surface area (Å²) in [5.74, 6) is -1.89. The van der Waals surface area contributed by atoms with Crippen molar-refractivity contribution in [1.82, 2.24) is 14.7 Å². The minimum absolute atomic E-state index is 0.301. The summed E-state index contributed by atoms with van der Waals surface area (Å²) in [5.41, 5.74) is 1.57. The number of hydrogen-bond donors (Lipinski definition) is 1. The molecule has 3 rings (SSSR count). The number of halogens is 3. The molecule has 10 heteroatoms. The number of benzene rings is 1. The van der Waals surface area contributed by atoms with Crippen LogP contribution in [0, 0.1) is 17.2 Å². The van der Waals surface area contributed by atoms with Gasteiger partial charge in [0.2, 0.25) is 5.91 Å². The van der Waals surface area contributed by atoms with Crippen molar-refractivity contribution in [3.8, 4) is 6.07 Å². The second kappa shape index (κ2) is 11.0. The maximum absolute atomic E-state index is 13.1. The molecule has 0 radical (unpaired) electrons. The second-order valence-electron chi connectivity index (χ2n) is 8.99. The molecular formula is C23H31F3N4O3. The Bertz CT molecular complexity index is 874. The van der Waals surface area contributed by atoms with Crippen molar-refractivity contribution in [2.24, 2.45) is 5.92 Å². The molecule has 1 aromatic carbocycles. The molecule has 0 aromatic heterocycles. The lowest BCUT2D eigenvalue weighted by Crippen LogP contribution is -2.68. The first-order chi connectivity index (χ1) is 15.4. The van der Waals surface area contributed by atoms with Crippen molar-refractivity contribution in [2.75, 3.05) is 39.8 Å². The number of carboxylic acids is 1. The van der Waals surface area contributed by atoms with Gasteiger partial charge in [-0.2, -0.15) is 18.4 Å². The van der Waals surface area contributed by atoms with E-state index in [1.54, 1.807) is 0 Å². The summed E-state index contributed by atoms with van der Waals surface area (Å²) in [6, 6.07) is 10.0. The third kappa shape index (κ3) is 6.92. The van der Waals surface area contributed by atoms with Gasteiger partial charge in [0, 0.05) is 46.3 Å². The van der Waals surface area contributed by atoms with Crippen LogP contribution in [0.4, 0.5) is 13.2 Å². The van der Waals surface area contributed by atoms with Crippen LogP contribution < -0.4 is 0 Å². The lowest BCUT2D eigenvalue weighted by molar-refractivity contribution is -0.192. The number of carbonyl (C=O) groups is 2. The summed E-state index contributed by atoms with van der Waals surface area (Å²) in [7, 11) is 1.94. The normalized spacial score (nSPS) is 19.2. The Kier molecular flexibility index (Phi) is 8.86. The van der Waals surface area contributed by atoms with E-state index in [2.05, 4.69) is 35.8 Å². The molecule has 2 fully saturated rings. The van der Waals surface area contributed by atoms with Crippen LogP contribution in [0.3, 0.4) is 0 Å². The minimum Gasteiger partial charge on any atom is -0.475 e. The van der Waals surface area contributed by atoms with Crippen LogP contribution in [0.5, 0.6) is 0 Å². The highest BCUT2D eigenvalue weighted by Gasteiger charge is 2.49. The summed E-state index contributed by atoms with van der Waals surface area (Å²) in [5, 5.41) is 16.2. The molecule has 2 aliphatic rings. The Hall–Kier alpha value is -2.64. The number of rotatable bonds is 4. The topological polar surface area (TPSA) is 87.9 Å². The first kappa shape index (κ1) is 26.6. The van der Waals surface area contributed by atoms with Gasteiger partial charge in [0.05, 0.1) is 11.6 Å². The van der Waals surface area contributed by atoms with E-state index in [1.165, 1.54) is 5.56 Å². The summed E-state index contributed by atoms with van der Waals surface area (Å²) in [6.45, 7) is 9.95. The number of carboxylic acid groups (broad SMARTS) is 1. The number of likely N-dealkylation sites (tertiary alicyclic amines) is 1. The molecule has 0 aliphatic carbocycles. The number of nitrogens with zero attached hydrogens (tertiary/aromatic N) is 4. The van der Waals surface area contributed by atoms with Crippen LogP contribution >= 0.6 is 0 Å². The fraction of sp³-hybridized carbons (Fsp3) is 0.609. The van der Waals surface area contributed by atoms with Crippen LogP contribution in [0.25, 0.3) is 0 Å². The third-order valence-electron chi connectivity index (χ3n) is 6.03. The molecule has 0 saturated carbocycles. The smallest absolute Gasteiger partial charge is 0.475 e. The second-order valence-corrected chi connectivity index (χ2v) is 8.99. The van der Waals surface area contributed by atoms with Crippen LogP contribution in [0.15, 0.2) is 24.3 Å². The van der Waals surface area contributed by atoms with Crippen LogP contribution in [-0.2, 0) is 16.1 Å². The van der Waals surface area contributed by atoms with Gasteiger partial charge in [0.15, 0.2) is 0 Å². The summed E-state index contributed by atoms with van der Waals surface area (Å²) in [4.78, 5) is 28.8. The lowest BCUT2D eigenvalue weighted by atomic mass is 9.82. The van der Waals surface area contributed by atoms with Crippen molar-refractivity contribution >= 4 is 11.9 Å². The summed E-state index contributed by atoms with van der Waals surface area (Å²) < 4.78 is 31.7. The SMILES string of the molecule is CC(C)CN1CCN(C)C(=O)C12CCN(Cc1cccc(C#N)c1)CC2.O=C(O)C(F)(F)F. The Morgan fingerprint density at radius 3 is 2.33 bits per heavy atom. The number of hydrogen-bond acceptors (Lipinski definition) is 5. The van der Waals surface area contributed by atoms with Gasteiger partial charge in [-0.25, -0.2) is 4.79 Å². The molecule has 2 heterocycles. The molecule has 0 atom stereocenters. The number of piperazine rings is 1. The lowest BCUT2D eigenvalue weighted by Gasteiger charge is -2.52. The van der Waals surface area contributed by atoms with E-state index in [4.69, 9.17) is 15.2 Å². The molecule has 33 heavy (non-hydrogen) atoms. The zero-order valence-corrected chi connectivity index (χ0v) is 19.2. The van der Waals surface area contributed by atoms with E-state index in [9.17, 15) is 18.0 Å². The third-order valence-corrected chi connectivity index (χ3v) is 6.03. The highest BCUT2D eigenvalue weighted by molar-refractivity contribution is 5.87. The van der Waals surface area contributed by atoms with Crippen molar-refractivity contribution < 1.29 is 27.9 Å². The number of amides is 1. The van der Waals surface area contributed by atoms with Crippen LogP contribution in [-0.4, -0.2) is 83.2 Å². The highest BCUT2D eigenvalue weighted by Crippen LogP contribution is 2.34. The van der Waals surface area contributed by atoms with Gasteiger partial charge < -0.3 is 10.0 Å². The maximum atomic E-state index is 13.1. The average Bonchev–Trinajstić information content (AvgIpc) is 2.75. The number of piperidine rings is 1. The number of aliphatic carboxylic acids is 1. The van der Waals surface area contributed by atoms with Crippen molar-refractivity contribution in [2.45, 2.75) is 44.9 Å². The molecule has 1 amide bonds. The molecular weight excluding hydrogens is 437 g/mol. The monoisotopic (exact) mass is 468 g/mol. The predicted molar refractivity (Wildman–Crippen MR) is 116 cm³/mol. The molecule has 2 saturated heterocycles. The summed E-state index contributed by atoms with van der Waals surface area (Å²) >= 11 is 0. The zero-order valence-electron chi connectivity index (χ0n) is 19.2. The molecule has 1 spiro atoms. The van der Waals surface area contributed by atoms with E-state index in [1.807, 2.05) is 30.1 Å². The van der Waals surface area contributed by atoms with E-state index >= 15 is 0 Å². The average molecular weight is 469 g/mol. The molecule has 0 unspecified atom stereocenters. The quantitative estimate of drug-likeness (QED) is 0.731. The van der Waals surface area contributed by atoms with E-state index in [-0.39, 0.29) is 5.54 Å². The van der Waals surface area contributed by atoms with Crippen LogP contribution in [0.1, 0.15) is 37.8 Å². The van der Waals surface area contributed by atoms with Crippen molar-refractivity contribution in [3.63, 3.8) is 0 Å². The molecule has 1 aromatic rings. The van der Waals surface area contributed by atoms with Crippen LogP contribution in [0.2, 0.25) is 0 Å². The fourth-order valence-corrected chi connectivity index (χ4v) is 4.39. The molecule has 2 aliphatic heterocycles. The Morgan fingerprint density at radius 2 is 1.82 bits per heavy atom. The largest absolute Gasteiger partial charge is 0.490 e. The summed E-state index contributed by atoms with van der Waals surface area (Å²) in [6.07, 6.45) is -3.30. The van der Waals surface area contributed by atoms with Gasteiger partial charge in [-0.3, -0.25) is 14.6 Å². The molecule has 7 nitrogen and oxygen atoms in total. The molecule has 0 bridgehead atoms. The van der Waals surface area contributed by atoms with Gasteiger partial charge in [-0.15, -0.1) is 0 Å². The molecule has 182 valence electrons. The first-order valence-electron chi connectivity index (χ1n) is 10.9. The number of likely N-dealkylation sites (N-methyl/N-ethyl adjacent to an activating group) is 1. The van der Waals surface area contributed by atoms with E-state index in [0.717, 1.165) is 52.1 Å². The van der Waals surface area contributed by atoms with Gasteiger partial charge >= 0.3 is 12.1 Å². The van der Waals surface area contributed by atoms with Gasteiger partial charge in [0.25, 0.3) is 0 Å². The number of carbonyl (C=O) groups excluding carboxylic acids is 1. The Labute approximate surface area is 192 Å². The van der Waals surface area contributed by atoms with Crippen molar-refractivity contribution in [3.05, 3.63) is 35.4 Å². The van der Waals surface area contributed by atoms with Crippen molar-refractivity contribution in [1.29, 1.82) is 5.26 Å². The molecule has 1 N–H and O–H groups in total. The maximum Gasteiger partial charge on any atom is 0.490 e. The Balaban J connectivity index is 0.000000479. The van der Waals surface area contributed by atoms with Gasteiger partial charge in [0.1, 0.15) is 5.54 Å². The zero-order chi connectivity index (χ0) is 24.8. The fourth-order valence-electron chi connectivity index (χ4n) is 4.39. The van der Waals surface area contributed by atoms with Gasteiger partial charge in [-0.1, -0.05) is 26.0 Å². The first-order valence-corrected chi connectivity index (χ1v) is 10.9. The number of alkyl halides is 3. The Morgan fingerprint density at radius 1 is 1.21 bits per heavy atom. The van der Waals surface area contributed by atoms with E-state index < -0.39 is 12.1 Å².